The number of piperidine rings is 1. The van der Waals surface area contributed by atoms with Gasteiger partial charge in [-0.1, -0.05) is 0 Å². The van der Waals surface area contributed by atoms with Crippen molar-refractivity contribution in [3.63, 3.8) is 0 Å². The van der Waals surface area contributed by atoms with Crippen LogP contribution < -0.4 is 10.6 Å². The van der Waals surface area contributed by atoms with Gasteiger partial charge < -0.3 is 10.6 Å². The van der Waals surface area contributed by atoms with Crippen molar-refractivity contribution in [2.24, 2.45) is 5.92 Å². The molecule has 1 fully saturated rings. The summed E-state index contributed by atoms with van der Waals surface area (Å²) < 4.78 is 36.3. The molecule has 1 aliphatic heterocycles. The predicted octanol–water partition coefficient (Wildman–Crippen LogP) is 2.30. The Morgan fingerprint density at radius 3 is 2.69 bits per heavy atom. The quantitative estimate of drug-likeness (QED) is 0.785. The molecule has 1 saturated heterocycles. The van der Waals surface area contributed by atoms with Gasteiger partial charge in [0, 0.05) is 12.1 Å². The maximum atomic E-state index is 12.1. The topological polar surface area (TPSA) is 24.1 Å². The molecule has 1 aliphatic rings. The molecule has 96 valence electrons. The van der Waals surface area contributed by atoms with Crippen LogP contribution in [0.25, 0.3) is 0 Å². The fraction of sp³-hybridized carbons (Fsp3) is 1.00. The molecule has 2 N–H and O–H groups in total. The van der Waals surface area contributed by atoms with Crippen LogP contribution in [0.15, 0.2) is 0 Å². The highest BCUT2D eigenvalue weighted by molar-refractivity contribution is 4.77. The molecule has 0 aliphatic carbocycles. The van der Waals surface area contributed by atoms with Gasteiger partial charge in [0.15, 0.2) is 0 Å². The van der Waals surface area contributed by atoms with E-state index >= 15 is 0 Å². The predicted molar refractivity (Wildman–Crippen MR) is 58.3 cm³/mol. The second-order valence-electron chi connectivity index (χ2n) is 4.87. The summed E-state index contributed by atoms with van der Waals surface area (Å²) >= 11 is 0. The minimum atomic E-state index is -4.06. The molecule has 1 heterocycles. The summed E-state index contributed by atoms with van der Waals surface area (Å²) in [5.74, 6) is 0.506. The molecular weight excluding hydrogens is 217 g/mol. The second-order valence-corrected chi connectivity index (χ2v) is 4.87. The lowest BCUT2D eigenvalue weighted by Crippen LogP contribution is -2.41. The van der Waals surface area contributed by atoms with E-state index < -0.39 is 18.6 Å². The summed E-state index contributed by atoms with van der Waals surface area (Å²) in [7, 11) is 0. The Labute approximate surface area is 95.0 Å². The van der Waals surface area contributed by atoms with Gasteiger partial charge in [-0.2, -0.15) is 13.2 Å². The normalized spacial score (nSPS) is 29.1. The number of hydrogen-bond acceptors (Lipinski definition) is 2. The zero-order valence-electron chi connectivity index (χ0n) is 9.90. The van der Waals surface area contributed by atoms with Crippen LogP contribution in [0.2, 0.25) is 0 Å². The zero-order chi connectivity index (χ0) is 12.2. The lowest BCUT2D eigenvalue weighted by Gasteiger charge is -2.29. The fourth-order valence-corrected chi connectivity index (χ4v) is 2.21. The first-order chi connectivity index (χ1) is 7.37. The van der Waals surface area contributed by atoms with E-state index in [9.17, 15) is 13.2 Å². The molecule has 0 bridgehead atoms. The van der Waals surface area contributed by atoms with E-state index in [2.05, 4.69) is 17.6 Å². The molecule has 3 unspecified atom stereocenters. The van der Waals surface area contributed by atoms with E-state index in [1.54, 1.807) is 6.92 Å². The highest BCUT2D eigenvalue weighted by Crippen LogP contribution is 2.22. The van der Waals surface area contributed by atoms with Crippen LogP contribution >= 0.6 is 0 Å². The Bertz CT molecular complexity index is 206. The van der Waals surface area contributed by atoms with E-state index in [1.165, 1.54) is 0 Å². The third kappa shape index (κ3) is 5.70. The molecule has 3 atom stereocenters. The Morgan fingerprint density at radius 1 is 1.44 bits per heavy atom. The SMILES string of the molecule is CC1CC(CNC(C)CC(F)(F)F)CCN1. The summed E-state index contributed by atoms with van der Waals surface area (Å²) in [6.07, 6.45) is -2.71. The highest BCUT2D eigenvalue weighted by atomic mass is 19.4. The molecule has 1 rings (SSSR count). The fourth-order valence-electron chi connectivity index (χ4n) is 2.21. The lowest BCUT2D eigenvalue weighted by atomic mass is 9.93. The van der Waals surface area contributed by atoms with Crippen molar-refractivity contribution >= 4 is 0 Å². The molecule has 0 aromatic rings. The van der Waals surface area contributed by atoms with Gasteiger partial charge in [-0.3, -0.25) is 0 Å². The van der Waals surface area contributed by atoms with Crippen LogP contribution in [0.1, 0.15) is 33.1 Å². The van der Waals surface area contributed by atoms with Crippen molar-refractivity contribution in [3.8, 4) is 0 Å². The van der Waals surface area contributed by atoms with Crippen LogP contribution in [0.4, 0.5) is 13.2 Å². The van der Waals surface area contributed by atoms with Gasteiger partial charge in [-0.15, -0.1) is 0 Å². The largest absolute Gasteiger partial charge is 0.390 e. The molecular formula is C11H21F3N2. The standard InChI is InChI=1S/C11H21F3N2/c1-8-5-10(3-4-15-8)7-16-9(2)6-11(12,13)14/h8-10,15-16H,3-7H2,1-2H3. The number of halogens is 3. The van der Waals surface area contributed by atoms with Crippen LogP contribution in [0.5, 0.6) is 0 Å². The van der Waals surface area contributed by atoms with E-state index in [-0.39, 0.29) is 0 Å². The summed E-state index contributed by atoms with van der Waals surface area (Å²) in [6, 6.07) is 0.00339. The maximum Gasteiger partial charge on any atom is 0.390 e. The Kier molecular flexibility index (Phi) is 5.05. The Morgan fingerprint density at radius 2 is 2.12 bits per heavy atom. The second kappa shape index (κ2) is 5.87. The number of nitrogens with one attached hydrogen (secondary N) is 2. The first-order valence-corrected chi connectivity index (χ1v) is 5.90. The average Bonchev–Trinajstić information content (AvgIpc) is 2.12. The van der Waals surface area contributed by atoms with Gasteiger partial charge in [-0.25, -0.2) is 0 Å². The van der Waals surface area contributed by atoms with Gasteiger partial charge in [-0.05, 0) is 45.7 Å². The lowest BCUT2D eigenvalue weighted by molar-refractivity contribution is -0.139. The van der Waals surface area contributed by atoms with E-state index in [1.807, 2.05) is 0 Å². The molecule has 0 saturated carbocycles. The van der Waals surface area contributed by atoms with Crippen LogP contribution in [0, 0.1) is 5.92 Å². The van der Waals surface area contributed by atoms with E-state index in [0.717, 1.165) is 19.4 Å². The molecule has 5 heteroatoms. The maximum absolute atomic E-state index is 12.1. The Balaban J connectivity index is 2.18. The third-order valence-electron chi connectivity index (χ3n) is 3.02. The van der Waals surface area contributed by atoms with Gasteiger partial charge in [0.2, 0.25) is 0 Å². The van der Waals surface area contributed by atoms with Crippen molar-refractivity contribution in [2.45, 2.75) is 51.4 Å². The first-order valence-electron chi connectivity index (χ1n) is 5.90. The molecule has 0 aromatic carbocycles. The molecule has 2 nitrogen and oxygen atoms in total. The zero-order valence-corrected chi connectivity index (χ0v) is 9.90. The smallest absolute Gasteiger partial charge is 0.314 e. The van der Waals surface area contributed by atoms with Crippen molar-refractivity contribution in [1.82, 2.24) is 10.6 Å². The van der Waals surface area contributed by atoms with Gasteiger partial charge in [0.1, 0.15) is 0 Å². The monoisotopic (exact) mass is 238 g/mol. The van der Waals surface area contributed by atoms with Crippen molar-refractivity contribution in [1.29, 1.82) is 0 Å². The minimum Gasteiger partial charge on any atom is -0.314 e. The molecule has 0 spiro atoms. The minimum absolute atomic E-state index is 0.481. The van der Waals surface area contributed by atoms with Crippen LogP contribution in [-0.2, 0) is 0 Å². The third-order valence-corrected chi connectivity index (χ3v) is 3.02. The summed E-state index contributed by atoms with van der Waals surface area (Å²) in [5.41, 5.74) is 0. The van der Waals surface area contributed by atoms with Gasteiger partial charge >= 0.3 is 6.18 Å². The summed E-state index contributed by atoms with van der Waals surface area (Å²) in [5, 5.41) is 6.31. The summed E-state index contributed by atoms with van der Waals surface area (Å²) in [6.45, 7) is 5.38. The molecule has 0 aromatic heterocycles. The number of hydrogen-bond donors (Lipinski definition) is 2. The van der Waals surface area contributed by atoms with Gasteiger partial charge in [0.25, 0.3) is 0 Å². The van der Waals surface area contributed by atoms with Crippen LogP contribution in [0.3, 0.4) is 0 Å². The van der Waals surface area contributed by atoms with Crippen LogP contribution in [-0.4, -0.2) is 31.3 Å². The van der Waals surface area contributed by atoms with Crippen molar-refractivity contribution in [2.75, 3.05) is 13.1 Å². The molecule has 0 radical (unpaired) electrons. The number of rotatable bonds is 4. The average molecular weight is 238 g/mol. The summed E-state index contributed by atoms with van der Waals surface area (Å²) in [4.78, 5) is 0. The van der Waals surface area contributed by atoms with Crippen molar-refractivity contribution in [3.05, 3.63) is 0 Å². The number of alkyl halides is 3. The van der Waals surface area contributed by atoms with Crippen molar-refractivity contribution < 1.29 is 13.2 Å². The van der Waals surface area contributed by atoms with E-state index in [4.69, 9.17) is 0 Å². The van der Waals surface area contributed by atoms with E-state index in [0.29, 0.717) is 18.5 Å². The Hall–Kier alpha value is -0.290. The molecule has 16 heavy (non-hydrogen) atoms. The highest BCUT2D eigenvalue weighted by Gasteiger charge is 2.30. The molecule has 0 amide bonds. The van der Waals surface area contributed by atoms with Gasteiger partial charge in [0.05, 0.1) is 6.42 Å². The first kappa shape index (κ1) is 13.8.